The molecule has 2 N–H and O–H groups in total. The second-order valence-electron chi connectivity index (χ2n) is 6.22. The number of hydrogen-bond donors (Lipinski definition) is 2. The molecular weight excluding hydrogens is 419 g/mol. The van der Waals surface area contributed by atoms with Gasteiger partial charge in [0, 0.05) is 17.3 Å². The topological polar surface area (TPSA) is 128 Å². The van der Waals surface area contributed by atoms with Gasteiger partial charge in [-0.15, -0.1) is 0 Å². The van der Waals surface area contributed by atoms with Crippen LogP contribution in [0, 0.1) is 15.9 Å². The van der Waals surface area contributed by atoms with Crippen LogP contribution in [0.3, 0.4) is 0 Å². The number of nitro groups is 1. The number of nitrogens with one attached hydrogen (secondary N) is 1. The number of anilines is 1. The molecule has 0 aliphatic carbocycles. The second kappa shape index (κ2) is 7.19. The molecule has 9 nitrogen and oxygen atoms in total. The van der Waals surface area contributed by atoms with E-state index in [0.717, 1.165) is 30.3 Å². The summed E-state index contributed by atoms with van der Waals surface area (Å²) in [4.78, 5) is 9.81. The Labute approximate surface area is 169 Å². The summed E-state index contributed by atoms with van der Waals surface area (Å²) in [5.74, 6) is -0.625. The Kier molecular flexibility index (Phi) is 4.66. The molecule has 0 bridgehead atoms. The fourth-order valence-corrected chi connectivity index (χ4v) is 4.27. The molecule has 0 unspecified atom stereocenters. The largest absolute Gasteiger partial charge is 0.507 e. The van der Waals surface area contributed by atoms with Gasteiger partial charge in [-0.25, -0.2) is 12.8 Å². The first kappa shape index (κ1) is 19.5. The van der Waals surface area contributed by atoms with Gasteiger partial charge < -0.3 is 14.6 Å². The molecule has 30 heavy (non-hydrogen) atoms. The van der Waals surface area contributed by atoms with Crippen LogP contribution in [0.1, 0.15) is 0 Å². The Hall–Kier alpha value is -3.86. The Morgan fingerprint density at radius 3 is 2.63 bits per heavy atom. The predicted molar refractivity (Wildman–Crippen MR) is 104 cm³/mol. The van der Waals surface area contributed by atoms with Crippen molar-refractivity contribution in [2.75, 3.05) is 11.5 Å². The van der Waals surface area contributed by atoms with Crippen LogP contribution in [0.15, 0.2) is 59.5 Å². The fraction of sp³-hybridized carbons (Fsp3) is 0.0526. The van der Waals surface area contributed by atoms with E-state index >= 15 is 0 Å². The SMILES string of the molecule is O=[N+]([O-])c1ccccc1S(=O)(=O)Nc1ccc(F)c(-c2c(O)ccc3c2OCO3)c1. The number of rotatable bonds is 5. The molecule has 0 radical (unpaired) electrons. The fourth-order valence-electron chi connectivity index (χ4n) is 3.05. The molecule has 3 aromatic carbocycles. The standard InChI is InChI=1S/C19H13FN2O7S/c20-13-6-5-11(21-30(26,27)17-4-2-1-3-14(17)22(24)25)9-12(13)18-15(23)7-8-16-19(18)29-10-28-16/h1-9,21,23H,10H2. The summed E-state index contributed by atoms with van der Waals surface area (Å²) in [6.07, 6.45) is 0. The van der Waals surface area contributed by atoms with Crippen molar-refractivity contribution in [3.05, 3.63) is 70.5 Å². The lowest BCUT2D eigenvalue weighted by atomic mass is 10.0. The number of fused-ring (bicyclic) bond motifs is 1. The van der Waals surface area contributed by atoms with Crippen LogP contribution in [-0.2, 0) is 10.0 Å². The Balaban J connectivity index is 1.78. The lowest BCUT2D eigenvalue weighted by Crippen LogP contribution is -2.14. The van der Waals surface area contributed by atoms with Crippen molar-refractivity contribution in [2.24, 2.45) is 0 Å². The van der Waals surface area contributed by atoms with Gasteiger partial charge in [-0.05, 0) is 36.4 Å². The van der Waals surface area contributed by atoms with Gasteiger partial charge in [0.05, 0.1) is 10.5 Å². The summed E-state index contributed by atoms with van der Waals surface area (Å²) in [6.45, 7) is -0.114. The highest BCUT2D eigenvalue weighted by molar-refractivity contribution is 7.92. The number of aromatic hydroxyl groups is 1. The van der Waals surface area contributed by atoms with Crippen molar-refractivity contribution in [3.8, 4) is 28.4 Å². The number of para-hydroxylation sites is 1. The van der Waals surface area contributed by atoms with Gasteiger partial charge in [0.25, 0.3) is 15.7 Å². The van der Waals surface area contributed by atoms with Crippen LogP contribution in [0.2, 0.25) is 0 Å². The maximum atomic E-state index is 14.6. The number of nitro benzene ring substituents is 1. The minimum Gasteiger partial charge on any atom is -0.507 e. The van der Waals surface area contributed by atoms with Gasteiger partial charge in [0.1, 0.15) is 11.6 Å². The molecule has 0 saturated carbocycles. The highest BCUT2D eigenvalue weighted by atomic mass is 32.2. The molecular formula is C19H13FN2O7S. The third kappa shape index (κ3) is 3.35. The molecule has 11 heteroatoms. The van der Waals surface area contributed by atoms with Crippen molar-refractivity contribution in [1.82, 2.24) is 0 Å². The molecule has 0 spiro atoms. The number of sulfonamides is 1. The Morgan fingerprint density at radius 1 is 1.10 bits per heavy atom. The molecule has 0 aromatic heterocycles. The average molecular weight is 432 g/mol. The van der Waals surface area contributed by atoms with E-state index in [0.29, 0.717) is 5.75 Å². The van der Waals surface area contributed by atoms with Crippen LogP contribution in [0.4, 0.5) is 15.8 Å². The van der Waals surface area contributed by atoms with Crippen molar-refractivity contribution < 1.29 is 32.3 Å². The highest BCUT2D eigenvalue weighted by Gasteiger charge is 2.27. The van der Waals surface area contributed by atoms with Crippen LogP contribution < -0.4 is 14.2 Å². The third-order valence-corrected chi connectivity index (χ3v) is 5.79. The maximum Gasteiger partial charge on any atom is 0.289 e. The number of ether oxygens (including phenoxy) is 2. The van der Waals surface area contributed by atoms with E-state index in [-0.39, 0.29) is 35.1 Å². The summed E-state index contributed by atoms with van der Waals surface area (Å²) in [5, 5.41) is 21.4. The number of hydrogen-bond acceptors (Lipinski definition) is 7. The number of halogens is 1. The lowest BCUT2D eigenvalue weighted by molar-refractivity contribution is -0.387. The zero-order valence-electron chi connectivity index (χ0n) is 15.0. The van der Waals surface area contributed by atoms with E-state index in [4.69, 9.17) is 9.47 Å². The first-order valence-electron chi connectivity index (χ1n) is 8.45. The van der Waals surface area contributed by atoms with Crippen LogP contribution >= 0.6 is 0 Å². The third-order valence-electron chi connectivity index (χ3n) is 4.36. The normalized spacial score (nSPS) is 12.6. The lowest BCUT2D eigenvalue weighted by Gasteiger charge is -2.13. The summed E-state index contributed by atoms with van der Waals surface area (Å²) in [7, 11) is -4.35. The van der Waals surface area contributed by atoms with E-state index in [9.17, 15) is 28.0 Å². The molecule has 1 aliphatic rings. The number of phenols is 1. The number of benzene rings is 3. The van der Waals surface area contributed by atoms with E-state index in [2.05, 4.69) is 4.72 Å². The molecule has 1 aliphatic heterocycles. The number of nitrogens with zero attached hydrogens (tertiary/aromatic N) is 1. The van der Waals surface area contributed by atoms with E-state index in [1.54, 1.807) is 0 Å². The first-order chi connectivity index (χ1) is 14.3. The minimum absolute atomic E-state index is 0.00533. The van der Waals surface area contributed by atoms with Gasteiger partial charge in [-0.3, -0.25) is 14.8 Å². The molecule has 1 heterocycles. The minimum atomic E-state index is -4.35. The van der Waals surface area contributed by atoms with Crippen LogP contribution in [0.25, 0.3) is 11.1 Å². The van der Waals surface area contributed by atoms with E-state index < -0.39 is 31.3 Å². The quantitative estimate of drug-likeness (QED) is 0.465. The predicted octanol–water partition coefficient (Wildman–Crippen LogP) is 3.64. The van der Waals surface area contributed by atoms with Gasteiger partial charge >= 0.3 is 0 Å². The van der Waals surface area contributed by atoms with Crippen molar-refractivity contribution >= 4 is 21.4 Å². The van der Waals surface area contributed by atoms with Crippen LogP contribution in [0.5, 0.6) is 17.2 Å². The van der Waals surface area contributed by atoms with Crippen molar-refractivity contribution in [3.63, 3.8) is 0 Å². The van der Waals surface area contributed by atoms with Crippen molar-refractivity contribution in [2.45, 2.75) is 4.90 Å². The maximum absolute atomic E-state index is 14.6. The monoisotopic (exact) mass is 432 g/mol. The smallest absolute Gasteiger partial charge is 0.289 e. The molecule has 4 rings (SSSR count). The zero-order chi connectivity index (χ0) is 21.5. The molecule has 0 fully saturated rings. The zero-order valence-corrected chi connectivity index (χ0v) is 15.8. The van der Waals surface area contributed by atoms with Gasteiger partial charge in [0.15, 0.2) is 16.4 Å². The summed E-state index contributed by atoms with van der Waals surface area (Å²) in [5.41, 5.74) is -0.816. The van der Waals surface area contributed by atoms with Gasteiger partial charge in [0.2, 0.25) is 6.79 Å². The van der Waals surface area contributed by atoms with E-state index in [1.165, 1.54) is 24.3 Å². The second-order valence-corrected chi connectivity index (χ2v) is 7.87. The van der Waals surface area contributed by atoms with Crippen LogP contribution in [-0.4, -0.2) is 25.2 Å². The summed E-state index contributed by atoms with van der Waals surface area (Å²) in [6, 6.07) is 10.9. The Bertz CT molecular complexity index is 1280. The van der Waals surface area contributed by atoms with Crippen molar-refractivity contribution in [1.29, 1.82) is 0 Å². The molecule has 3 aromatic rings. The first-order valence-corrected chi connectivity index (χ1v) is 9.94. The summed E-state index contributed by atoms with van der Waals surface area (Å²) >= 11 is 0. The van der Waals surface area contributed by atoms with Gasteiger partial charge in [-0.1, -0.05) is 12.1 Å². The highest BCUT2D eigenvalue weighted by Crippen LogP contribution is 2.47. The molecule has 0 amide bonds. The molecule has 0 atom stereocenters. The van der Waals surface area contributed by atoms with Gasteiger partial charge in [-0.2, -0.15) is 0 Å². The average Bonchev–Trinajstić information content (AvgIpc) is 3.18. The summed E-state index contributed by atoms with van der Waals surface area (Å²) < 4.78 is 52.7. The van der Waals surface area contributed by atoms with E-state index in [1.807, 2.05) is 0 Å². The number of phenolic OH excluding ortho intramolecular Hbond substituents is 1. The molecule has 0 saturated heterocycles. The molecule has 154 valence electrons. The Morgan fingerprint density at radius 2 is 1.87 bits per heavy atom.